The Morgan fingerprint density at radius 2 is 1.67 bits per heavy atom. The van der Waals surface area contributed by atoms with E-state index in [1.165, 1.54) is 6.92 Å². The second-order valence-corrected chi connectivity index (χ2v) is 5.71. The van der Waals surface area contributed by atoms with Crippen LogP contribution in [0.15, 0.2) is 18.2 Å². The molecule has 1 aromatic rings. The number of ketones is 1. The summed E-state index contributed by atoms with van der Waals surface area (Å²) in [7, 11) is 0. The molecule has 0 unspecified atom stereocenters. The lowest BCUT2D eigenvalue weighted by molar-refractivity contribution is -0.121. The number of aryl methyl sites for hydroxylation is 1. The minimum absolute atomic E-state index is 0.0375. The highest BCUT2D eigenvalue weighted by atomic mass is 16.2. The number of benzene rings is 1. The first-order valence-electron chi connectivity index (χ1n) is 7.97. The molecule has 0 aliphatic carbocycles. The van der Waals surface area contributed by atoms with Gasteiger partial charge in [0.15, 0.2) is 0 Å². The van der Waals surface area contributed by atoms with Gasteiger partial charge in [-0.15, -0.1) is 0 Å². The Kier molecular flexibility index (Phi) is 8.08. The lowest BCUT2D eigenvalue weighted by Gasteiger charge is -2.22. The van der Waals surface area contributed by atoms with Gasteiger partial charge in [-0.25, -0.2) is 0 Å². The SMILES string of the molecule is CC(=O)CCC(=O)Nc1cc(C)cc(C(=O)N(CCN)CCN)c1. The highest BCUT2D eigenvalue weighted by molar-refractivity contribution is 5.98. The van der Waals surface area contributed by atoms with Crippen molar-refractivity contribution >= 4 is 23.3 Å². The van der Waals surface area contributed by atoms with E-state index in [4.69, 9.17) is 11.5 Å². The average molecular weight is 334 g/mol. The largest absolute Gasteiger partial charge is 0.336 e. The summed E-state index contributed by atoms with van der Waals surface area (Å²) in [6, 6.07) is 5.16. The Morgan fingerprint density at radius 3 is 2.21 bits per heavy atom. The number of nitrogens with two attached hydrogens (primary N) is 2. The maximum Gasteiger partial charge on any atom is 0.254 e. The first-order valence-corrected chi connectivity index (χ1v) is 7.97. The van der Waals surface area contributed by atoms with E-state index < -0.39 is 0 Å². The average Bonchev–Trinajstić information content (AvgIpc) is 2.51. The van der Waals surface area contributed by atoms with Crippen LogP contribution in [-0.2, 0) is 9.59 Å². The van der Waals surface area contributed by atoms with Crippen LogP contribution in [0.2, 0.25) is 0 Å². The Morgan fingerprint density at radius 1 is 1.04 bits per heavy atom. The number of hydrogen-bond donors (Lipinski definition) is 3. The van der Waals surface area contributed by atoms with Crippen LogP contribution in [-0.4, -0.2) is 48.7 Å². The summed E-state index contributed by atoms with van der Waals surface area (Å²) < 4.78 is 0. The molecule has 7 heteroatoms. The number of amides is 2. The van der Waals surface area contributed by atoms with Gasteiger partial charge in [0, 0.05) is 50.3 Å². The third-order valence-corrected chi connectivity index (χ3v) is 3.40. The number of carbonyl (C=O) groups excluding carboxylic acids is 3. The normalized spacial score (nSPS) is 10.3. The maximum absolute atomic E-state index is 12.6. The molecular weight excluding hydrogens is 308 g/mol. The van der Waals surface area contributed by atoms with Gasteiger partial charge >= 0.3 is 0 Å². The number of nitrogens with one attached hydrogen (secondary N) is 1. The van der Waals surface area contributed by atoms with Gasteiger partial charge in [0.25, 0.3) is 5.91 Å². The van der Waals surface area contributed by atoms with Gasteiger partial charge in [0.1, 0.15) is 5.78 Å². The molecule has 0 heterocycles. The van der Waals surface area contributed by atoms with E-state index in [0.717, 1.165) is 5.56 Å². The molecule has 7 nitrogen and oxygen atoms in total. The first-order chi connectivity index (χ1) is 11.4. The van der Waals surface area contributed by atoms with Crippen molar-refractivity contribution in [3.8, 4) is 0 Å². The topological polar surface area (TPSA) is 119 Å². The van der Waals surface area contributed by atoms with Gasteiger partial charge in [-0.05, 0) is 37.6 Å². The van der Waals surface area contributed by atoms with Gasteiger partial charge in [-0.3, -0.25) is 9.59 Å². The van der Waals surface area contributed by atoms with Crippen molar-refractivity contribution in [3.63, 3.8) is 0 Å². The second kappa shape index (κ2) is 9.79. The van der Waals surface area contributed by atoms with Crippen LogP contribution in [0, 0.1) is 6.92 Å². The van der Waals surface area contributed by atoms with Gasteiger partial charge in [-0.2, -0.15) is 0 Å². The molecule has 2 amide bonds. The number of hydrogen-bond acceptors (Lipinski definition) is 5. The summed E-state index contributed by atoms with van der Waals surface area (Å²) in [4.78, 5) is 37.0. The summed E-state index contributed by atoms with van der Waals surface area (Å²) in [6.45, 7) is 4.84. The summed E-state index contributed by atoms with van der Waals surface area (Å²) in [5, 5.41) is 2.73. The molecule has 0 saturated heterocycles. The molecule has 0 bridgehead atoms. The molecule has 0 aliphatic rings. The molecule has 1 aromatic carbocycles. The molecule has 5 N–H and O–H groups in total. The predicted molar refractivity (Wildman–Crippen MR) is 93.7 cm³/mol. The number of rotatable bonds is 9. The fourth-order valence-electron chi connectivity index (χ4n) is 2.30. The minimum Gasteiger partial charge on any atom is -0.336 e. The molecule has 0 atom stereocenters. The summed E-state index contributed by atoms with van der Waals surface area (Å²) in [6.07, 6.45) is 0.323. The van der Waals surface area contributed by atoms with E-state index in [-0.39, 0.29) is 30.4 Å². The highest BCUT2D eigenvalue weighted by Crippen LogP contribution is 2.17. The third kappa shape index (κ3) is 6.47. The number of Topliss-reactive ketones (excluding diaryl/α,β-unsaturated/α-hetero) is 1. The van der Waals surface area contributed by atoms with Crippen LogP contribution in [0.25, 0.3) is 0 Å². The molecular formula is C17H26N4O3. The Bertz CT molecular complexity index is 595. The molecule has 0 aliphatic heterocycles. The minimum atomic E-state index is -0.255. The van der Waals surface area contributed by atoms with Gasteiger partial charge < -0.3 is 26.5 Å². The van der Waals surface area contributed by atoms with Gasteiger partial charge in [0.05, 0.1) is 0 Å². The van der Waals surface area contributed by atoms with Crippen LogP contribution >= 0.6 is 0 Å². The Labute approximate surface area is 142 Å². The molecule has 0 aromatic heterocycles. The molecule has 0 fully saturated rings. The fraction of sp³-hybridized carbons (Fsp3) is 0.471. The molecule has 24 heavy (non-hydrogen) atoms. The molecule has 1 rings (SSSR count). The van der Waals surface area contributed by atoms with Crippen molar-refractivity contribution in [2.45, 2.75) is 26.7 Å². The van der Waals surface area contributed by atoms with Crippen molar-refractivity contribution in [2.75, 3.05) is 31.5 Å². The summed E-state index contributed by atoms with van der Waals surface area (Å²) in [5.74, 6) is -0.465. The predicted octanol–water partition coefficient (Wildman–Crippen LogP) is 0.662. The summed E-state index contributed by atoms with van der Waals surface area (Å²) in [5.41, 5.74) is 12.9. The van der Waals surface area contributed by atoms with Crippen LogP contribution in [0.5, 0.6) is 0 Å². The number of anilines is 1. The fourth-order valence-corrected chi connectivity index (χ4v) is 2.30. The van der Waals surface area contributed by atoms with Gasteiger partial charge in [0.2, 0.25) is 5.91 Å². The van der Waals surface area contributed by atoms with Crippen LogP contribution < -0.4 is 16.8 Å². The molecule has 0 radical (unpaired) electrons. The van der Waals surface area contributed by atoms with Crippen LogP contribution in [0.3, 0.4) is 0 Å². The lowest BCUT2D eigenvalue weighted by Crippen LogP contribution is -2.38. The quantitative estimate of drug-likeness (QED) is 0.613. The Balaban J connectivity index is 2.90. The van der Waals surface area contributed by atoms with Crippen LogP contribution in [0.4, 0.5) is 5.69 Å². The molecule has 132 valence electrons. The second-order valence-electron chi connectivity index (χ2n) is 5.71. The zero-order valence-electron chi connectivity index (χ0n) is 14.3. The summed E-state index contributed by atoms with van der Waals surface area (Å²) >= 11 is 0. The van der Waals surface area contributed by atoms with Crippen LogP contribution in [0.1, 0.15) is 35.7 Å². The zero-order valence-corrected chi connectivity index (χ0v) is 14.3. The van der Waals surface area contributed by atoms with Crippen molar-refractivity contribution in [1.82, 2.24) is 4.90 Å². The van der Waals surface area contributed by atoms with Gasteiger partial charge in [-0.1, -0.05) is 0 Å². The third-order valence-electron chi connectivity index (χ3n) is 3.40. The Hall–Kier alpha value is -2.25. The van der Waals surface area contributed by atoms with Crippen molar-refractivity contribution in [1.29, 1.82) is 0 Å². The maximum atomic E-state index is 12.6. The molecule has 0 spiro atoms. The van der Waals surface area contributed by atoms with E-state index in [1.807, 2.05) is 6.92 Å². The lowest BCUT2D eigenvalue weighted by atomic mass is 10.1. The van der Waals surface area contributed by atoms with E-state index in [0.29, 0.717) is 37.4 Å². The zero-order chi connectivity index (χ0) is 18.1. The number of carbonyl (C=O) groups is 3. The van der Waals surface area contributed by atoms with E-state index in [2.05, 4.69) is 5.32 Å². The van der Waals surface area contributed by atoms with E-state index >= 15 is 0 Å². The van der Waals surface area contributed by atoms with Crippen molar-refractivity contribution in [3.05, 3.63) is 29.3 Å². The smallest absolute Gasteiger partial charge is 0.254 e. The molecule has 0 saturated carbocycles. The van der Waals surface area contributed by atoms with Crippen molar-refractivity contribution in [2.24, 2.45) is 11.5 Å². The highest BCUT2D eigenvalue weighted by Gasteiger charge is 2.16. The van der Waals surface area contributed by atoms with E-state index in [9.17, 15) is 14.4 Å². The number of nitrogens with zero attached hydrogens (tertiary/aromatic N) is 1. The first kappa shape index (κ1) is 19.8. The van der Waals surface area contributed by atoms with E-state index in [1.54, 1.807) is 23.1 Å². The standard InChI is InChI=1S/C17H26N4O3/c1-12-9-14(17(24)21(7-5-18)8-6-19)11-15(10-12)20-16(23)4-3-13(2)22/h9-11H,3-8,18-19H2,1-2H3,(H,20,23). The van der Waals surface area contributed by atoms with Crippen molar-refractivity contribution < 1.29 is 14.4 Å². The monoisotopic (exact) mass is 334 g/mol.